The van der Waals surface area contributed by atoms with Crippen LogP contribution in [0.1, 0.15) is 12.0 Å². The first-order valence-electron chi connectivity index (χ1n) is 7.70. The normalized spacial score (nSPS) is 33.0. The minimum Gasteiger partial charge on any atom is -0.307 e. The van der Waals surface area contributed by atoms with E-state index in [1.165, 1.54) is 11.0 Å². The number of anilines is 1. The van der Waals surface area contributed by atoms with Gasteiger partial charge < -0.3 is 4.90 Å². The summed E-state index contributed by atoms with van der Waals surface area (Å²) in [6.07, 6.45) is -4.28. The van der Waals surface area contributed by atoms with Crippen molar-refractivity contribution < 1.29 is 22.8 Å². The first-order valence-corrected chi connectivity index (χ1v) is 8.57. The molecule has 3 fully saturated rings. The minimum absolute atomic E-state index is 0.217. The number of imide groups is 1. The van der Waals surface area contributed by atoms with Crippen LogP contribution in [-0.2, 0) is 11.0 Å². The van der Waals surface area contributed by atoms with E-state index in [9.17, 15) is 22.8 Å². The van der Waals surface area contributed by atoms with Crippen molar-refractivity contribution in [3.63, 3.8) is 0 Å². The number of rotatable bonds is 1. The first kappa shape index (κ1) is 17.4. The van der Waals surface area contributed by atoms with E-state index in [1.54, 1.807) is 0 Å². The molecule has 2 heterocycles. The molecule has 3 aliphatic rings. The fraction of sp³-hybridized carbons (Fsp3) is 0.438. The van der Waals surface area contributed by atoms with Crippen LogP contribution in [0.3, 0.4) is 0 Å². The number of fused-ring (bicyclic) bond motifs is 5. The summed E-state index contributed by atoms with van der Waals surface area (Å²) in [4.78, 5) is 30.4. The average Bonchev–Trinajstić information content (AvgIpc) is 3.18. The molecule has 1 aromatic rings. The Hall–Kier alpha value is -1.98. The third-order valence-corrected chi connectivity index (χ3v) is 6.49. The van der Waals surface area contributed by atoms with Crippen molar-refractivity contribution in [2.24, 2.45) is 5.92 Å². The van der Waals surface area contributed by atoms with E-state index in [-0.39, 0.29) is 11.6 Å². The second-order valence-corrected chi connectivity index (χ2v) is 7.48. The summed E-state index contributed by atoms with van der Waals surface area (Å²) in [7, 11) is 0. The van der Waals surface area contributed by atoms with Gasteiger partial charge in [0.15, 0.2) is 5.69 Å². The Labute approximate surface area is 156 Å². The van der Waals surface area contributed by atoms with Crippen molar-refractivity contribution in [1.29, 1.82) is 0 Å². The highest BCUT2D eigenvalue weighted by Crippen LogP contribution is 2.51. The van der Waals surface area contributed by atoms with Gasteiger partial charge in [0.05, 0.1) is 34.6 Å². The molecule has 0 radical (unpaired) electrons. The zero-order valence-electron chi connectivity index (χ0n) is 12.9. The fourth-order valence-corrected chi connectivity index (χ4v) is 4.92. The number of hydrogen-bond donors (Lipinski definition) is 0. The number of carbonyl (C=O) groups is 2. The lowest BCUT2D eigenvalue weighted by Gasteiger charge is -2.32. The topological polar surface area (TPSA) is 45.0 Å². The fourth-order valence-electron chi connectivity index (χ4n) is 4.10. The lowest BCUT2D eigenvalue weighted by atomic mass is 9.98. The molecule has 2 aliphatic heterocycles. The molecule has 5 nitrogen and oxygen atoms in total. The van der Waals surface area contributed by atoms with Crippen molar-refractivity contribution in [3.8, 4) is 0 Å². The first-order chi connectivity index (χ1) is 12.2. The van der Waals surface area contributed by atoms with Crippen LogP contribution in [0.4, 0.5) is 29.3 Å². The zero-order chi connectivity index (χ0) is 19.0. The smallest absolute Gasteiger partial charge is 0.307 e. The molecule has 1 saturated carbocycles. The van der Waals surface area contributed by atoms with Crippen LogP contribution in [0.15, 0.2) is 18.2 Å². The number of piperidine rings is 1. The molecule has 0 spiro atoms. The molecular weight excluding hydrogens is 394 g/mol. The van der Waals surface area contributed by atoms with Crippen LogP contribution in [-0.4, -0.2) is 39.7 Å². The summed E-state index contributed by atoms with van der Waals surface area (Å²) in [6, 6.07) is 0.853. The van der Waals surface area contributed by atoms with Crippen LogP contribution in [0.5, 0.6) is 0 Å². The highest BCUT2D eigenvalue weighted by atomic mass is 35.5. The van der Waals surface area contributed by atoms with Gasteiger partial charge in [-0.25, -0.2) is 14.5 Å². The van der Waals surface area contributed by atoms with Gasteiger partial charge in [-0.3, -0.25) is 4.79 Å². The molecule has 26 heavy (non-hydrogen) atoms. The van der Waals surface area contributed by atoms with Gasteiger partial charge in [-0.2, -0.15) is 13.2 Å². The summed E-state index contributed by atoms with van der Waals surface area (Å²) >= 11 is 12.5. The van der Waals surface area contributed by atoms with Crippen LogP contribution in [0.2, 0.25) is 0 Å². The molecule has 2 unspecified atom stereocenters. The SMILES string of the molecule is [C-]#[N+]c1ccc(N2C(=O)[C@H]3C4CC([C@H](Cl)[C@H]4Cl)N3C2=O)cc1C(F)(F)F. The van der Waals surface area contributed by atoms with Gasteiger partial charge in [-0.05, 0) is 18.6 Å². The molecule has 2 saturated heterocycles. The maximum absolute atomic E-state index is 13.2. The Morgan fingerprint density at radius 3 is 2.50 bits per heavy atom. The van der Waals surface area contributed by atoms with Crippen molar-refractivity contribution in [2.45, 2.75) is 35.4 Å². The maximum atomic E-state index is 13.2. The Morgan fingerprint density at radius 1 is 1.19 bits per heavy atom. The molecule has 0 N–H and O–H groups in total. The molecule has 3 amide bonds. The van der Waals surface area contributed by atoms with Crippen molar-refractivity contribution >= 4 is 46.5 Å². The van der Waals surface area contributed by atoms with Gasteiger partial charge in [0.1, 0.15) is 6.04 Å². The summed E-state index contributed by atoms with van der Waals surface area (Å²) in [5.41, 5.74) is -2.00. The van der Waals surface area contributed by atoms with Gasteiger partial charge in [-0.1, -0.05) is 6.07 Å². The third kappa shape index (κ3) is 2.17. The Kier molecular flexibility index (Phi) is 3.69. The van der Waals surface area contributed by atoms with Gasteiger partial charge in [0, 0.05) is 5.92 Å². The number of carbonyl (C=O) groups excluding carboxylic acids is 2. The molecule has 2 bridgehead atoms. The Balaban J connectivity index is 1.76. The Morgan fingerprint density at radius 2 is 1.88 bits per heavy atom. The molecule has 1 aliphatic carbocycles. The van der Waals surface area contributed by atoms with Gasteiger partial charge in [-0.15, -0.1) is 23.2 Å². The van der Waals surface area contributed by atoms with Crippen LogP contribution in [0.25, 0.3) is 4.85 Å². The minimum atomic E-state index is -4.78. The van der Waals surface area contributed by atoms with Gasteiger partial charge in [0.25, 0.3) is 5.91 Å². The number of halogens is 5. The quantitative estimate of drug-likeness (QED) is 0.404. The van der Waals surface area contributed by atoms with Crippen LogP contribution >= 0.6 is 23.2 Å². The monoisotopic (exact) mass is 403 g/mol. The highest BCUT2D eigenvalue weighted by Gasteiger charge is 2.65. The zero-order valence-corrected chi connectivity index (χ0v) is 14.4. The second kappa shape index (κ2) is 5.51. The molecule has 1 aromatic carbocycles. The second-order valence-electron chi connectivity index (χ2n) is 6.48. The average molecular weight is 404 g/mol. The molecule has 0 aromatic heterocycles. The van der Waals surface area contributed by atoms with Crippen molar-refractivity contribution in [1.82, 2.24) is 4.90 Å². The predicted molar refractivity (Wildman–Crippen MR) is 87.4 cm³/mol. The van der Waals surface area contributed by atoms with Crippen LogP contribution < -0.4 is 4.90 Å². The third-order valence-electron chi connectivity index (χ3n) is 5.21. The van der Waals surface area contributed by atoms with E-state index in [2.05, 4.69) is 4.85 Å². The number of alkyl halides is 5. The standard InChI is InChI=1S/C16H10Cl2F3N3O2/c1-22-9-3-2-6(4-8(9)16(19,20)21)23-14(25)13-7-5-10(12(18)11(7)17)24(13)15(23)26/h2-4,7,10-13H,5H2/t7?,10?,11-,12-,13+/m0/s1. The number of benzene rings is 1. The van der Waals surface area contributed by atoms with Gasteiger partial charge >= 0.3 is 12.2 Å². The van der Waals surface area contributed by atoms with E-state index in [4.69, 9.17) is 29.8 Å². The van der Waals surface area contributed by atoms with Crippen molar-refractivity contribution in [2.75, 3.05) is 4.90 Å². The summed E-state index contributed by atoms with van der Waals surface area (Å²) in [6.45, 7) is 6.87. The van der Waals surface area contributed by atoms with Crippen molar-refractivity contribution in [3.05, 3.63) is 35.2 Å². The largest absolute Gasteiger partial charge is 0.407 e. The molecule has 5 atom stereocenters. The van der Waals surface area contributed by atoms with Gasteiger partial charge in [0.2, 0.25) is 0 Å². The lowest BCUT2D eigenvalue weighted by molar-refractivity contribution is -0.136. The number of hydrogen-bond acceptors (Lipinski definition) is 2. The maximum Gasteiger partial charge on any atom is 0.407 e. The molecule has 4 rings (SSSR count). The summed E-state index contributed by atoms with van der Waals surface area (Å²) in [5.74, 6) is -0.935. The number of amides is 3. The number of nitrogens with zero attached hydrogens (tertiary/aromatic N) is 3. The highest BCUT2D eigenvalue weighted by molar-refractivity contribution is 6.32. The molecule has 136 valence electrons. The van der Waals surface area contributed by atoms with E-state index < -0.39 is 52.2 Å². The Bertz CT molecular complexity index is 837. The lowest BCUT2D eigenvalue weighted by Crippen LogP contribution is -2.50. The predicted octanol–water partition coefficient (Wildman–Crippen LogP) is 4.01. The van der Waals surface area contributed by atoms with E-state index in [1.807, 2.05) is 0 Å². The molecule has 10 heteroatoms. The van der Waals surface area contributed by atoms with E-state index >= 15 is 0 Å². The summed E-state index contributed by atoms with van der Waals surface area (Å²) in [5, 5.41) is -0.986. The van der Waals surface area contributed by atoms with E-state index in [0.717, 1.165) is 11.0 Å². The van der Waals surface area contributed by atoms with Crippen LogP contribution in [0, 0.1) is 12.5 Å². The number of urea groups is 1. The summed E-state index contributed by atoms with van der Waals surface area (Å²) < 4.78 is 39.6. The van der Waals surface area contributed by atoms with E-state index in [0.29, 0.717) is 12.5 Å². The molecular formula is C16H10Cl2F3N3O2.